The number of hydrogen-bond donors (Lipinski definition) is 1. The molecular weight excluding hydrogens is 282 g/mol. The van der Waals surface area contributed by atoms with Crippen molar-refractivity contribution < 1.29 is 0 Å². The van der Waals surface area contributed by atoms with Crippen molar-refractivity contribution in [2.45, 2.75) is 52.6 Å². The summed E-state index contributed by atoms with van der Waals surface area (Å²) in [6.07, 6.45) is 2.74. The molecule has 21 heavy (non-hydrogen) atoms. The lowest BCUT2D eigenvalue weighted by atomic mass is 9.99. The zero-order chi connectivity index (χ0) is 15.4. The minimum atomic E-state index is 0.100. The fourth-order valence-corrected chi connectivity index (χ4v) is 2.86. The number of aromatic nitrogens is 2. The van der Waals surface area contributed by atoms with Gasteiger partial charge in [0.05, 0.1) is 16.4 Å². The zero-order valence-electron chi connectivity index (χ0n) is 13.1. The minimum Gasteiger partial charge on any atom is -0.327 e. The summed E-state index contributed by atoms with van der Waals surface area (Å²) in [6, 6.07) is 8.58. The van der Waals surface area contributed by atoms with Crippen LogP contribution in [0, 0.1) is 13.8 Å². The van der Waals surface area contributed by atoms with E-state index in [1.54, 1.807) is 0 Å². The summed E-state index contributed by atoms with van der Waals surface area (Å²) in [5.41, 5.74) is 11.0. The van der Waals surface area contributed by atoms with Crippen LogP contribution >= 0.6 is 11.6 Å². The average Bonchev–Trinajstić information content (AvgIpc) is 2.74. The van der Waals surface area contributed by atoms with E-state index in [0.29, 0.717) is 0 Å². The molecule has 0 aliphatic carbocycles. The highest BCUT2D eigenvalue weighted by molar-refractivity contribution is 6.31. The van der Waals surface area contributed by atoms with Crippen molar-refractivity contribution in [1.82, 2.24) is 9.78 Å². The maximum Gasteiger partial charge on any atom is 0.0847 e. The van der Waals surface area contributed by atoms with Crippen LogP contribution in [-0.4, -0.2) is 15.8 Å². The summed E-state index contributed by atoms with van der Waals surface area (Å²) < 4.78 is 1.96. The van der Waals surface area contributed by atoms with Gasteiger partial charge in [-0.05, 0) is 44.7 Å². The number of nitrogens with two attached hydrogens (primary N) is 1. The van der Waals surface area contributed by atoms with E-state index in [1.165, 1.54) is 11.1 Å². The van der Waals surface area contributed by atoms with Gasteiger partial charge < -0.3 is 5.73 Å². The van der Waals surface area contributed by atoms with Crippen molar-refractivity contribution in [3.05, 3.63) is 51.8 Å². The average molecular weight is 306 g/mol. The predicted octanol–water partition coefficient (Wildman–Crippen LogP) is 3.68. The molecule has 1 aromatic heterocycles. The molecule has 2 rings (SSSR count). The van der Waals surface area contributed by atoms with Crippen molar-refractivity contribution in [2.75, 3.05) is 0 Å². The summed E-state index contributed by atoms with van der Waals surface area (Å²) in [5.74, 6) is 0. The highest BCUT2D eigenvalue weighted by atomic mass is 35.5. The molecule has 0 aliphatic heterocycles. The first kappa shape index (κ1) is 16.1. The van der Waals surface area contributed by atoms with Crippen molar-refractivity contribution >= 4 is 11.6 Å². The number of aryl methyl sites for hydroxylation is 4. The molecule has 0 fully saturated rings. The Hall–Kier alpha value is -1.32. The molecule has 1 unspecified atom stereocenters. The van der Waals surface area contributed by atoms with Crippen LogP contribution in [0.5, 0.6) is 0 Å². The Balaban J connectivity index is 1.99. The first-order valence-corrected chi connectivity index (χ1v) is 7.92. The van der Waals surface area contributed by atoms with E-state index in [4.69, 9.17) is 17.3 Å². The molecule has 0 bridgehead atoms. The van der Waals surface area contributed by atoms with Crippen LogP contribution in [0.2, 0.25) is 5.02 Å². The maximum absolute atomic E-state index is 6.34. The Labute approximate surface area is 132 Å². The van der Waals surface area contributed by atoms with Gasteiger partial charge in [-0.15, -0.1) is 0 Å². The van der Waals surface area contributed by atoms with Gasteiger partial charge in [0.25, 0.3) is 0 Å². The molecular formula is C17H24ClN3. The highest BCUT2D eigenvalue weighted by Gasteiger charge is 2.15. The van der Waals surface area contributed by atoms with Gasteiger partial charge in [0, 0.05) is 19.0 Å². The van der Waals surface area contributed by atoms with Crippen LogP contribution in [0.4, 0.5) is 0 Å². The number of benzene rings is 1. The van der Waals surface area contributed by atoms with Crippen LogP contribution in [0.3, 0.4) is 0 Å². The second kappa shape index (κ2) is 7.10. The van der Waals surface area contributed by atoms with E-state index in [2.05, 4.69) is 43.2 Å². The SMILES string of the molecule is CCn1nc(C)c(Cl)c1CC(N)CCc1ccccc1C. The first-order valence-electron chi connectivity index (χ1n) is 7.54. The molecule has 0 aliphatic rings. The largest absolute Gasteiger partial charge is 0.327 e. The lowest BCUT2D eigenvalue weighted by molar-refractivity contribution is 0.554. The lowest BCUT2D eigenvalue weighted by Gasteiger charge is -2.14. The van der Waals surface area contributed by atoms with E-state index >= 15 is 0 Å². The Morgan fingerprint density at radius 3 is 2.67 bits per heavy atom. The van der Waals surface area contributed by atoms with Crippen molar-refractivity contribution in [3.63, 3.8) is 0 Å². The third-order valence-corrected chi connectivity index (χ3v) is 4.45. The Bertz CT molecular complexity index is 604. The molecule has 1 atom stereocenters. The molecule has 114 valence electrons. The van der Waals surface area contributed by atoms with Gasteiger partial charge in [0.1, 0.15) is 0 Å². The van der Waals surface area contributed by atoms with E-state index in [9.17, 15) is 0 Å². The molecule has 3 nitrogen and oxygen atoms in total. The molecule has 1 heterocycles. The van der Waals surface area contributed by atoms with Gasteiger partial charge in [-0.3, -0.25) is 4.68 Å². The first-order chi connectivity index (χ1) is 10.0. The van der Waals surface area contributed by atoms with E-state index in [-0.39, 0.29) is 6.04 Å². The number of rotatable bonds is 6. The summed E-state index contributed by atoms with van der Waals surface area (Å²) in [6.45, 7) is 6.99. The van der Waals surface area contributed by atoms with E-state index in [1.807, 2.05) is 11.6 Å². The third kappa shape index (κ3) is 3.86. The maximum atomic E-state index is 6.34. The zero-order valence-corrected chi connectivity index (χ0v) is 13.8. The lowest BCUT2D eigenvalue weighted by Crippen LogP contribution is -2.25. The van der Waals surface area contributed by atoms with Gasteiger partial charge in [-0.2, -0.15) is 5.10 Å². The molecule has 0 amide bonds. The van der Waals surface area contributed by atoms with Crippen molar-refractivity contribution in [2.24, 2.45) is 5.73 Å². The molecule has 2 aromatic rings. The molecule has 0 spiro atoms. The van der Waals surface area contributed by atoms with Crippen molar-refractivity contribution in [3.8, 4) is 0 Å². The number of nitrogens with zero attached hydrogens (tertiary/aromatic N) is 2. The fraction of sp³-hybridized carbons (Fsp3) is 0.471. The smallest absolute Gasteiger partial charge is 0.0847 e. The van der Waals surface area contributed by atoms with Crippen LogP contribution < -0.4 is 5.73 Å². The van der Waals surface area contributed by atoms with E-state index < -0.39 is 0 Å². The topological polar surface area (TPSA) is 43.8 Å². The highest BCUT2D eigenvalue weighted by Crippen LogP contribution is 2.22. The normalized spacial score (nSPS) is 12.6. The monoisotopic (exact) mass is 305 g/mol. The quantitative estimate of drug-likeness (QED) is 0.885. The number of halogens is 1. The second-order valence-electron chi connectivity index (χ2n) is 5.59. The molecule has 0 radical (unpaired) electrons. The van der Waals surface area contributed by atoms with Gasteiger partial charge >= 0.3 is 0 Å². The fourth-order valence-electron chi connectivity index (χ4n) is 2.65. The van der Waals surface area contributed by atoms with Crippen LogP contribution in [0.1, 0.15) is 35.9 Å². The molecule has 0 saturated carbocycles. The van der Waals surface area contributed by atoms with Gasteiger partial charge in [0.2, 0.25) is 0 Å². The van der Waals surface area contributed by atoms with Crippen molar-refractivity contribution in [1.29, 1.82) is 0 Å². The van der Waals surface area contributed by atoms with Crippen LogP contribution in [-0.2, 0) is 19.4 Å². The summed E-state index contributed by atoms with van der Waals surface area (Å²) in [7, 11) is 0. The van der Waals surface area contributed by atoms with Gasteiger partial charge in [-0.25, -0.2) is 0 Å². The van der Waals surface area contributed by atoms with Crippen LogP contribution in [0.25, 0.3) is 0 Å². The minimum absolute atomic E-state index is 0.100. The third-order valence-electron chi connectivity index (χ3n) is 3.95. The molecule has 4 heteroatoms. The molecule has 0 saturated heterocycles. The van der Waals surface area contributed by atoms with Gasteiger partial charge in [0.15, 0.2) is 0 Å². The number of hydrogen-bond acceptors (Lipinski definition) is 2. The Morgan fingerprint density at radius 1 is 1.29 bits per heavy atom. The predicted molar refractivity (Wildman–Crippen MR) is 88.8 cm³/mol. The van der Waals surface area contributed by atoms with Gasteiger partial charge in [-0.1, -0.05) is 35.9 Å². The molecule has 1 aromatic carbocycles. The Morgan fingerprint density at radius 2 is 2.00 bits per heavy atom. The van der Waals surface area contributed by atoms with E-state index in [0.717, 1.165) is 42.2 Å². The van der Waals surface area contributed by atoms with Crippen LogP contribution in [0.15, 0.2) is 24.3 Å². The summed E-state index contributed by atoms with van der Waals surface area (Å²) >= 11 is 6.34. The second-order valence-corrected chi connectivity index (χ2v) is 5.97. The summed E-state index contributed by atoms with van der Waals surface area (Å²) in [5, 5.41) is 5.21. The Kier molecular flexibility index (Phi) is 5.43. The standard InChI is InChI=1S/C17H24ClN3/c1-4-21-16(17(18)13(3)20-21)11-15(19)10-9-14-8-6-5-7-12(14)2/h5-8,15H,4,9-11,19H2,1-3H3. The molecule has 2 N–H and O–H groups in total. The summed E-state index contributed by atoms with van der Waals surface area (Å²) in [4.78, 5) is 0.